The van der Waals surface area contributed by atoms with Crippen LogP contribution in [0.1, 0.15) is 0 Å². The molecule has 0 atom stereocenters. The van der Waals surface area contributed by atoms with Gasteiger partial charge in [0.15, 0.2) is 11.6 Å². The molecule has 0 N–H and O–H groups in total. The van der Waals surface area contributed by atoms with Gasteiger partial charge in [-0.2, -0.15) is 4.31 Å². The highest BCUT2D eigenvalue weighted by Crippen LogP contribution is 2.22. The Morgan fingerprint density at radius 3 is 2.45 bits per heavy atom. The molecule has 4 rings (SSSR count). The normalized spacial score (nSPS) is 15.5. The van der Waals surface area contributed by atoms with Crippen LogP contribution >= 0.6 is 0 Å². The first-order valence-electron chi connectivity index (χ1n) is 9.33. The van der Waals surface area contributed by atoms with Crippen LogP contribution in [0.5, 0.6) is 5.75 Å². The molecule has 1 fully saturated rings. The quantitative estimate of drug-likeness (QED) is 0.577. The van der Waals surface area contributed by atoms with Gasteiger partial charge in [0, 0.05) is 50.1 Å². The number of benzene rings is 1. The fourth-order valence-corrected chi connectivity index (χ4v) is 4.67. The molecule has 3 aromatic rings. The molecule has 0 bridgehead atoms. The summed E-state index contributed by atoms with van der Waals surface area (Å²) < 4.78 is 40.9. The predicted octanol–water partition coefficient (Wildman–Crippen LogP) is 1.41. The number of ether oxygens (including phenoxy) is 2. The number of hydrogen-bond donors (Lipinski definition) is 0. The van der Waals surface area contributed by atoms with Crippen molar-refractivity contribution in [3.63, 3.8) is 0 Å². The first kappa shape index (κ1) is 19.6. The number of methoxy groups -OCH3 is 1. The van der Waals surface area contributed by atoms with Crippen LogP contribution < -0.4 is 4.74 Å². The molecular formula is C19H23N5O4S. The molecule has 0 unspecified atom stereocenters. The maximum atomic E-state index is 12.6. The average Bonchev–Trinajstić information content (AvgIpc) is 3.42. The van der Waals surface area contributed by atoms with Crippen LogP contribution in [0, 0.1) is 0 Å². The Bertz CT molecular complexity index is 1050. The summed E-state index contributed by atoms with van der Waals surface area (Å²) in [6.45, 7) is 1.98. The van der Waals surface area contributed by atoms with Gasteiger partial charge in [-0.15, -0.1) is 0 Å². The summed E-state index contributed by atoms with van der Waals surface area (Å²) in [7, 11) is -1.73. The zero-order valence-corrected chi connectivity index (χ0v) is 17.0. The summed E-state index contributed by atoms with van der Waals surface area (Å²) in [6.07, 6.45) is 6.98. The summed E-state index contributed by atoms with van der Waals surface area (Å²) >= 11 is 0. The second-order valence-corrected chi connectivity index (χ2v) is 8.68. The van der Waals surface area contributed by atoms with Crippen LogP contribution in [0.3, 0.4) is 0 Å². The lowest BCUT2D eigenvalue weighted by Crippen LogP contribution is -2.42. The second kappa shape index (κ2) is 8.36. The summed E-state index contributed by atoms with van der Waals surface area (Å²) in [6, 6.07) is 7.61. The Hall–Kier alpha value is -2.69. The molecule has 9 nitrogen and oxygen atoms in total. The van der Waals surface area contributed by atoms with Gasteiger partial charge in [-0.3, -0.25) is 4.57 Å². The van der Waals surface area contributed by atoms with Gasteiger partial charge in [0.2, 0.25) is 10.0 Å². The largest absolute Gasteiger partial charge is 0.497 e. The van der Waals surface area contributed by atoms with Gasteiger partial charge < -0.3 is 14.0 Å². The maximum absolute atomic E-state index is 12.6. The molecule has 154 valence electrons. The molecule has 0 radical (unpaired) electrons. The first-order valence-corrected chi connectivity index (χ1v) is 10.9. The van der Waals surface area contributed by atoms with Crippen LogP contribution in [-0.4, -0.2) is 71.0 Å². The van der Waals surface area contributed by atoms with Crippen LogP contribution in [0.25, 0.3) is 17.3 Å². The van der Waals surface area contributed by atoms with Gasteiger partial charge >= 0.3 is 0 Å². The molecule has 3 heterocycles. The first-order chi connectivity index (χ1) is 14.1. The minimum Gasteiger partial charge on any atom is -0.497 e. The third-order valence-electron chi connectivity index (χ3n) is 4.86. The van der Waals surface area contributed by atoms with Gasteiger partial charge in [-0.25, -0.2) is 18.4 Å². The highest BCUT2D eigenvalue weighted by Gasteiger charge is 2.24. The van der Waals surface area contributed by atoms with Gasteiger partial charge in [-0.1, -0.05) is 0 Å². The van der Waals surface area contributed by atoms with Crippen molar-refractivity contribution >= 4 is 10.0 Å². The van der Waals surface area contributed by atoms with E-state index < -0.39 is 10.0 Å². The number of nitrogens with zero attached hydrogens (tertiary/aromatic N) is 5. The molecule has 1 aliphatic rings. The SMILES string of the molecule is COc1ccc(-n2ccnc2-c2nccn2CCS(=O)(=O)N2CCOCC2)cc1. The van der Waals surface area contributed by atoms with E-state index in [4.69, 9.17) is 9.47 Å². The number of aryl methyl sites for hydroxylation is 1. The standard InChI is InChI=1S/C19H23N5O4S/c1-27-17-4-2-16(3-5-17)24-9-7-21-19(24)18-20-6-8-22(18)12-15-29(25,26)23-10-13-28-14-11-23/h2-9H,10-15H2,1H3. The van der Waals surface area contributed by atoms with Crippen molar-refractivity contribution < 1.29 is 17.9 Å². The second-order valence-electron chi connectivity index (χ2n) is 6.59. The Morgan fingerprint density at radius 1 is 1.03 bits per heavy atom. The minimum absolute atomic E-state index is 0.000392. The molecular weight excluding hydrogens is 394 g/mol. The molecule has 0 spiro atoms. The fourth-order valence-electron chi connectivity index (χ4n) is 3.28. The van der Waals surface area contributed by atoms with Crippen LogP contribution in [-0.2, 0) is 21.3 Å². The van der Waals surface area contributed by atoms with Crippen molar-refractivity contribution in [2.45, 2.75) is 6.54 Å². The third kappa shape index (κ3) is 4.19. The van der Waals surface area contributed by atoms with E-state index in [0.29, 0.717) is 44.5 Å². The summed E-state index contributed by atoms with van der Waals surface area (Å²) in [5, 5.41) is 0. The van der Waals surface area contributed by atoms with Crippen molar-refractivity contribution in [3.8, 4) is 23.1 Å². The molecule has 29 heavy (non-hydrogen) atoms. The molecule has 2 aromatic heterocycles. The zero-order valence-electron chi connectivity index (χ0n) is 16.1. The fraction of sp³-hybridized carbons (Fsp3) is 0.368. The number of morpholine rings is 1. The molecule has 0 amide bonds. The summed E-state index contributed by atoms with van der Waals surface area (Å²) in [5.74, 6) is 2.02. The minimum atomic E-state index is -3.35. The van der Waals surface area contributed by atoms with Gasteiger partial charge in [-0.05, 0) is 24.3 Å². The van der Waals surface area contributed by atoms with Crippen molar-refractivity contribution in [3.05, 3.63) is 49.1 Å². The van der Waals surface area contributed by atoms with E-state index in [1.807, 2.05) is 39.6 Å². The van der Waals surface area contributed by atoms with E-state index in [-0.39, 0.29) is 5.75 Å². The molecule has 1 aliphatic heterocycles. The predicted molar refractivity (Wildman–Crippen MR) is 108 cm³/mol. The highest BCUT2D eigenvalue weighted by molar-refractivity contribution is 7.89. The van der Waals surface area contributed by atoms with Crippen molar-refractivity contribution in [2.75, 3.05) is 39.2 Å². The summed E-state index contributed by atoms with van der Waals surface area (Å²) in [4.78, 5) is 8.86. The zero-order chi connectivity index (χ0) is 20.3. The Morgan fingerprint density at radius 2 is 1.72 bits per heavy atom. The van der Waals surface area contributed by atoms with Crippen molar-refractivity contribution in [1.82, 2.24) is 23.4 Å². The van der Waals surface area contributed by atoms with E-state index in [0.717, 1.165) is 11.4 Å². The molecule has 0 aliphatic carbocycles. The highest BCUT2D eigenvalue weighted by atomic mass is 32.2. The Labute approximate surface area is 169 Å². The third-order valence-corrected chi connectivity index (χ3v) is 6.71. The topological polar surface area (TPSA) is 91.5 Å². The van der Waals surface area contributed by atoms with Gasteiger partial charge in [0.05, 0.1) is 26.1 Å². The molecule has 1 saturated heterocycles. The van der Waals surface area contributed by atoms with E-state index in [1.54, 1.807) is 25.7 Å². The Balaban J connectivity index is 1.55. The van der Waals surface area contributed by atoms with Gasteiger partial charge in [0.25, 0.3) is 0 Å². The average molecular weight is 417 g/mol. The van der Waals surface area contributed by atoms with Crippen molar-refractivity contribution in [1.29, 1.82) is 0 Å². The van der Waals surface area contributed by atoms with Crippen LogP contribution in [0.2, 0.25) is 0 Å². The number of hydrogen-bond acceptors (Lipinski definition) is 6. The number of imidazole rings is 2. The van der Waals surface area contributed by atoms with Crippen LogP contribution in [0.4, 0.5) is 0 Å². The summed E-state index contributed by atoms with van der Waals surface area (Å²) in [5.41, 5.74) is 0.911. The number of sulfonamides is 1. The van der Waals surface area contributed by atoms with Crippen molar-refractivity contribution in [2.24, 2.45) is 0 Å². The Kier molecular flexibility index (Phi) is 5.65. The smallest absolute Gasteiger partial charge is 0.216 e. The number of aromatic nitrogens is 4. The lowest BCUT2D eigenvalue weighted by atomic mass is 10.3. The maximum Gasteiger partial charge on any atom is 0.216 e. The van der Waals surface area contributed by atoms with Crippen LogP contribution in [0.15, 0.2) is 49.1 Å². The van der Waals surface area contributed by atoms with E-state index in [2.05, 4.69) is 9.97 Å². The molecule has 10 heteroatoms. The molecule has 1 aromatic carbocycles. The monoisotopic (exact) mass is 417 g/mol. The van der Waals surface area contributed by atoms with E-state index in [1.165, 1.54) is 4.31 Å². The lowest BCUT2D eigenvalue weighted by Gasteiger charge is -2.26. The van der Waals surface area contributed by atoms with E-state index in [9.17, 15) is 8.42 Å². The van der Waals surface area contributed by atoms with Gasteiger partial charge in [0.1, 0.15) is 5.75 Å². The lowest BCUT2D eigenvalue weighted by molar-refractivity contribution is 0.0730. The number of rotatable bonds is 7. The van der Waals surface area contributed by atoms with E-state index >= 15 is 0 Å². The molecule has 0 saturated carbocycles.